The SMILES string of the molecule is COc1cccc(N)c1CBr. The zero-order chi connectivity index (χ0) is 8.27. The van der Waals surface area contributed by atoms with Gasteiger partial charge in [0.05, 0.1) is 7.11 Å². The molecular weight excluding hydrogens is 206 g/mol. The van der Waals surface area contributed by atoms with Crippen molar-refractivity contribution < 1.29 is 4.74 Å². The molecule has 3 heteroatoms. The minimum Gasteiger partial charge on any atom is -0.496 e. The highest BCUT2D eigenvalue weighted by molar-refractivity contribution is 9.08. The van der Waals surface area contributed by atoms with E-state index in [9.17, 15) is 0 Å². The third kappa shape index (κ3) is 1.66. The first-order valence-corrected chi connectivity index (χ1v) is 4.39. The van der Waals surface area contributed by atoms with Crippen LogP contribution in [0.25, 0.3) is 0 Å². The van der Waals surface area contributed by atoms with E-state index in [-0.39, 0.29) is 0 Å². The molecule has 0 bridgehead atoms. The van der Waals surface area contributed by atoms with Gasteiger partial charge in [-0.25, -0.2) is 0 Å². The molecule has 2 N–H and O–H groups in total. The van der Waals surface area contributed by atoms with E-state index in [1.165, 1.54) is 0 Å². The van der Waals surface area contributed by atoms with E-state index >= 15 is 0 Å². The zero-order valence-electron chi connectivity index (χ0n) is 6.30. The molecule has 0 amide bonds. The van der Waals surface area contributed by atoms with Crippen molar-refractivity contribution in [3.05, 3.63) is 23.8 Å². The number of ether oxygens (including phenoxy) is 1. The number of benzene rings is 1. The molecule has 0 radical (unpaired) electrons. The molecule has 0 aliphatic heterocycles. The Balaban J connectivity index is 3.13. The van der Waals surface area contributed by atoms with Gasteiger partial charge in [-0.05, 0) is 12.1 Å². The highest BCUT2D eigenvalue weighted by atomic mass is 79.9. The molecule has 0 saturated carbocycles. The molecule has 0 aromatic heterocycles. The molecule has 0 heterocycles. The lowest BCUT2D eigenvalue weighted by molar-refractivity contribution is 0.412. The fourth-order valence-electron chi connectivity index (χ4n) is 0.917. The number of hydrogen-bond donors (Lipinski definition) is 1. The van der Waals surface area contributed by atoms with Crippen molar-refractivity contribution in [3.63, 3.8) is 0 Å². The van der Waals surface area contributed by atoms with Gasteiger partial charge < -0.3 is 10.5 Å². The lowest BCUT2D eigenvalue weighted by atomic mass is 10.2. The molecule has 0 atom stereocenters. The van der Waals surface area contributed by atoms with Gasteiger partial charge in [-0.1, -0.05) is 22.0 Å². The molecule has 1 aromatic carbocycles. The monoisotopic (exact) mass is 215 g/mol. The van der Waals surface area contributed by atoms with Crippen LogP contribution in [0.1, 0.15) is 5.56 Å². The van der Waals surface area contributed by atoms with Crippen LogP contribution >= 0.6 is 15.9 Å². The quantitative estimate of drug-likeness (QED) is 0.607. The first kappa shape index (κ1) is 8.40. The lowest BCUT2D eigenvalue weighted by Crippen LogP contribution is -1.95. The van der Waals surface area contributed by atoms with Crippen molar-refractivity contribution in [2.24, 2.45) is 0 Å². The molecule has 2 nitrogen and oxygen atoms in total. The zero-order valence-corrected chi connectivity index (χ0v) is 7.89. The summed E-state index contributed by atoms with van der Waals surface area (Å²) in [6.07, 6.45) is 0. The Labute approximate surface area is 74.5 Å². The Kier molecular flexibility index (Phi) is 2.76. The Morgan fingerprint density at radius 2 is 2.27 bits per heavy atom. The third-order valence-corrected chi connectivity index (χ3v) is 2.08. The number of nitrogens with two attached hydrogens (primary N) is 1. The number of rotatable bonds is 2. The Morgan fingerprint density at radius 1 is 1.55 bits per heavy atom. The summed E-state index contributed by atoms with van der Waals surface area (Å²) >= 11 is 3.34. The van der Waals surface area contributed by atoms with Gasteiger partial charge >= 0.3 is 0 Å². The molecule has 1 rings (SSSR count). The molecule has 11 heavy (non-hydrogen) atoms. The molecule has 1 aromatic rings. The van der Waals surface area contributed by atoms with Crippen LogP contribution in [0.15, 0.2) is 18.2 Å². The Hall–Kier alpha value is -0.700. The second-order valence-electron chi connectivity index (χ2n) is 2.16. The van der Waals surface area contributed by atoms with Crippen molar-refractivity contribution >= 4 is 21.6 Å². The largest absolute Gasteiger partial charge is 0.496 e. The second kappa shape index (κ2) is 3.62. The number of hydrogen-bond acceptors (Lipinski definition) is 2. The summed E-state index contributed by atoms with van der Waals surface area (Å²) in [5, 5.41) is 0.725. The van der Waals surface area contributed by atoms with Gasteiger partial charge in [-0.15, -0.1) is 0 Å². The summed E-state index contributed by atoms with van der Waals surface area (Å²) in [5.74, 6) is 0.835. The topological polar surface area (TPSA) is 35.2 Å². The number of halogens is 1. The van der Waals surface area contributed by atoms with Crippen LogP contribution in [0, 0.1) is 0 Å². The summed E-state index contributed by atoms with van der Waals surface area (Å²) in [5.41, 5.74) is 7.47. The van der Waals surface area contributed by atoms with Crippen LogP contribution < -0.4 is 10.5 Å². The predicted octanol–water partition coefficient (Wildman–Crippen LogP) is 2.17. The van der Waals surface area contributed by atoms with Crippen LogP contribution in [0.4, 0.5) is 5.69 Å². The van der Waals surface area contributed by atoms with Crippen molar-refractivity contribution in [1.29, 1.82) is 0 Å². The van der Waals surface area contributed by atoms with Gasteiger partial charge in [-0.3, -0.25) is 0 Å². The number of alkyl halides is 1. The van der Waals surface area contributed by atoms with Gasteiger partial charge in [0, 0.05) is 16.6 Å². The van der Waals surface area contributed by atoms with E-state index in [4.69, 9.17) is 10.5 Å². The fraction of sp³-hybridized carbons (Fsp3) is 0.250. The van der Waals surface area contributed by atoms with Gasteiger partial charge in [0.1, 0.15) is 5.75 Å². The van der Waals surface area contributed by atoms with Gasteiger partial charge in [0.25, 0.3) is 0 Å². The molecule has 0 aliphatic rings. The Morgan fingerprint density at radius 3 is 2.73 bits per heavy atom. The molecule has 0 aliphatic carbocycles. The van der Waals surface area contributed by atoms with Crippen molar-refractivity contribution in [1.82, 2.24) is 0 Å². The van der Waals surface area contributed by atoms with Gasteiger partial charge in [0.15, 0.2) is 0 Å². The van der Waals surface area contributed by atoms with Crippen LogP contribution in [0.5, 0.6) is 5.75 Å². The highest BCUT2D eigenvalue weighted by Crippen LogP contribution is 2.25. The van der Waals surface area contributed by atoms with E-state index in [0.717, 1.165) is 22.3 Å². The minimum atomic E-state index is 0.725. The summed E-state index contributed by atoms with van der Waals surface area (Å²) in [6.45, 7) is 0. The maximum Gasteiger partial charge on any atom is 0.124 e. The van der Waals surface area contributed by atoms with Crippen LogP contribution in [0.2, 0.25) is 0 Å². The minimum absolute atomic E-state index is 0.725. The number of methoxy groups -OCH3 is 1. The first-order chi connectivity index (χ1) is 5.29. The van der Waals surface area contributed by atoms with E-state index in [1.807, 2.05) is 18.2 Å². The third-order valence-electron chi connectivity index (χ3n) is 1.52. The maximum atomic E-state index is 5.70. The van der Waals surface area contributed by atoms with Crippen LogP contribution in [-0.4, -0.2) is 7.11 Å². The van der Waals surface area contributed by atoms with Crippen molar-refractivity contribution in [2.45, 2.75) is 5.33 Å². The average Bonchev–Trinajstić information content (AvgIpc) is 2.04. The predicted molar refractivity (Wildman–Crippen MR) is 50.0 cm³/mol. The van der Waals surface area contributed by atoms with E-state index in [2.05, 4.69) is 15.9 Å². The summed E-state index contributed by atoms with van der Waals surface area (Å²) in [7, 11) is 1.64. The summed E-state index contributed by atoms with van der Waals surface area (Å²) < 4.78 is 5.11. The molecule has 0 spiro atoms. The molecular formula is C8H10BrNO. The Bertz CT molecular complexity index is 250. The maximum absolute atomic E-state index is 5.70. The molecule has 0 unspecified atom stereocenters. The van der Waals surface area contributed by atoms with E-state index in [1.54, 1.807) is 7.11 Å². The first-order valence-electron chi connectivity index (χ1n) is 3.27. The fourth-order valence-corrected chi connectivity index (χ4v) is 1.52. The number of nitrogen functional groups attached to an aromatic ring is 1. The lowest BCUT2D eigenvalue weighted by Gasteiger charge is -2.07. The smallest absolute Gasteiger partial charge is 0.124 e. The van der Waals surface area contributed by atoms with Gasteiger partial charge in [0.2, 0.25) is 0 Å². The standard InChI is InChI=1S/C8H10BrNO/c1-11-8-4-2-3-7(10)6(8)5-9/h2-4H,5,10H2,1H3. The molecule has 60 valence electrons. The normalized spacial score (nSPS) is 9.64. The van der Waals surface area contributed by atoms with Crippen molar-refractivity contribution in [3.8, 4) is 5.75 Å². The summed E-state index contributed by atoms with van der Waals surface area (Å²) in [4.78, 5) is 0. The van der Waals surface area contributed by atoms with Crippen LogP contribution in [-0.2, 0) is 5.33 Å². The van der Waals surface area contributed by atoms with E-state index < -0.39 is 0 Å². The van der Waals surface area contributed by atoms with E-state index in [0.29, 0.717) is 0 Å². The molecule has 0 fully saturated rings. The second-order valence-corrected chi connectivity index (χ2v) is 2.72. The van der Waals surface area contributed by atoms with Crippen LogP contribution in [0.3, 0.4) is 0 Å². The molecule has 0 saturated heterocycles. The number of anilines is 1. The van der Waals surface area contributed by atoms with Gasteiger partial charge in [-0.2, -0.15) is 0 Å². The summed E-state index contributed by atoms with van der Waals surface area (Å²) in [6, 6.07) is 5.63. The highest BCUT2D eigenvalue weighted by Gasteiger charge is 2.03. The van der Waals surface area contributed by atoms with Crippen molar-refractivity contribution in [2.75, 3.05) is 12.8 Å². The average molecular weight is 216 g/mol.